The number of methoxy groups -OCH3 is 1. The van der Waals surface area contributed by atoms with Gasteiger partial charge in [0.05, 0.1) is 18.8 Å². The van der Waals surface area contributed by atoms with E-state index in [1.807, 2.05) is 36.7 Å². The van der Waals surface area contributed by atoms with Crippen LogP contribution in [0, 0.1) is 0 Å². The van der Waals surface area contributed by atoms with Crippen molar-refractivity contribution in [2.45, 2.75) is 31.8 Å². The van der Waals surface area contributed by atoms with E-state index in [0.717, 1.165) is 37.4 Å². The fourth-order valence-electron chi connectivity index (χ4n) is 3.90. The fourth-order valence-corrected chi connectivity index (χ4v) is 3.90. The van der Waals surface area contributed by atoms with Gasteiger partial charge in [0.2, 0.25) is 0 Å². The maximum Gasteiger partial charge on any atom is 0.122 e. The summed E-state index contributed by atoms with van der Waals surface area (Å²) in [4.78, 5) is 11.8. The first-order valence-electron chi connectivity index (χ1n) is 9.54. The molecule has 0 aliphatic carbocycles. The first-order chi connectivity index (χ1) is 13.3. The lowest BCUT2D eigenvalue weighted by Gasteiger charge is -2.24. The predicted octanol–water partition coefficient (Wildman–Crippen LogP) is 4.41. The lowest BCUT2D eigenvalue weighted by Crippen LogP contribution is -2.23. The summed E-state index contributed by atoms with van der Waals surface area (Å²) in [7, 11) is 1.72. The minimum Gasteiger partial charge on any atom is -0.496 e. The van der Waals surface area contributed by atoms with Gasteiger partial charge in [-0.1, -0.05) is 30.3 Å². The van der Waals surface area contributed by atoms with E-state index >= 15 is 0 Å². The van der Waals surface area contributed by atoms with Crippen molar-refractivity contribution in [3.8, 4) is 5.75 Å². The molecule has 0 amide bonds. The van der Waals surface area contributed by atoms with E-state index in [2.05, 4.69) is 40.2 Å². The number of hydrogen-bond donors (Lipinski definition) is 0. The third-order valence-electron chi connectivity index (χ3n) is 5.21. The van der Waals surface area contributed by atoms with E-state index in [1.165, 1.54) is 23.2 Å². The van der Waals surface area contributed by atoms with Crippen molar-refractivity contribution < 1.29 is 4.74 Å². The lowest BCUT2D eigenvalue weighted by atomic mass is 10.1. The van der Waals surface area contributed by atoms with Crippen LogP contribution in [-0.2, 0) is 13.0 Å². The van der Waals surface area contributed by atoms with Crippen LogP contribution < -0.4 is 4.74 Å². The van der Waals surface area contributed by atoms with Crippen LogP contribution in [0.4, 0.5) is 0 Å². The molecule has 0 saturated carbocycles. The van der Waals surface area contributed by atoms with E-state index in [4.69, 9.17) is 9.72 Å². The molecular weight excluding hydrogens is 334 g/mol. The molecule has 1 saturated heterocycles. The Morgan fingerprint density at radius 3 is 2.85 bits per heavy atom. The van der Waals surface area contributed by atoms with Gasteiger partial charge in [0, 0.05) is 36.6 Å². The Bertz CT molecular complexity index is 882. The van der Waals surface area contributed by atoms with Crippen LogP contribution in [0.15, 0.2) is 67.0 Å². The highest BCUT2D eigenvalue weighted by Gasteiger charge is 2.27. The minimum atomic E-state index is 0.378. The van der Waals surface area contributed by atoms with Crippen LogP contribution >= 0.6 is 0 Å². The molecule has 1 aliphatic rings. The van der Waals surface area contributed by atoms with Gasteiger partial charge in [-0.2, -0.15) is 0 Å². The second-order valence-electron chi connectivity index (χ2n) is 7.03. The average Bonchev–Trinajstić information content (AvgIpc) is 3.17. The van der Waals surface area contributed by atoms with E-state index in [9.17, 15) is 0 Å². The number of nitrogens with zero attached hydrogens (tertiary/aromatic N) is 3. The van der Waals surface area contributed by atoms with Crippen LogP contribution in [0.3, 0.4) is 0 Å². The van der Waals surface area contributed by atoms with Crippen LogP contribution in [-0.4, -0.2) is 28.5 Å². The summed E-state index contributed by atoms with van der Waals surface area (Å²) >= 11 is 0. The number of pyridine rings is 2. The summed E-state index contributed by atoms with van der Waals surface area (Å²) in [5.74, 6) is 0.920. The molecule has 1 aliphatic heterocycles. The van der Waals surface area contributed by atoms with Crippen LogP contribution in [0.25, 0.3) is 0 Å². The Morgan fingerprint density at radius 2 is 2.00 bits per heavy atom. The van der Waals surface area contributed by atoms with Crippen molar-refractivity contribution in [2.75, 3.05) is 13.7 Å². The molecule has 3 aromatic rings. The number of ether oxygens (including phenoxy) is 1. The molecule has 0 unspecified atom stereocenters. The molecule has 0 radical (unpaired) electrons. The van der Waals surface area contributed by atoms with Gasteiger partial charge < -0.3 is 4.74 Å². The molecule has 0 N–H and O–H groups in total. The Labute approximate surface area is 160 Å². The van der Waals surface area contributed by atoms with Gasteiger partial charge in [-0.25, -0.2) is 0 Å². The minimum absolute atomic E-state index is 0.378. The van der Waals surface area contributed by atoms with Gasteiger partial charge in [0.25, 0.3) is 0 Å². The normalized spacial score (nSPS) is 17.1. The van der Waals surface area contributed by atoms with E-state index in [1.54, 1.807) is 7.11 Å². The van der Waals surface area contributed by atoms with Crippen LogP contribution in [0.2, 0.25) is 0 Å². The topological polar surface area (TPSA) is 38.2 Å². The number of likely N-dealkylation sites (tertiary alicyclic amines) is 1. The molecule has 0 spiro atoms. The molecule has 3 heterocycles. The van der Waals surface area contributed by atoms with Crippen molar-refractivity contribution in [1.29, 1.82) is 0 Å². The summed E-state index contributed by atoms with van der Waals surface area (Å²) in [5, 5.41) is 0. The Kier molecular flexibility index (Phi) is 5.45. The maximum absolute atomic E-state index is 5.49. The smallest absolute Gasteiger partial charge is 0.122 e. The van der Waals surface area contributed by atoms with Gasteiger partial charge in [-0.15, -0.1) is 0 Å². The van der Waals surface area contributed by atoms with Crippen molar-refractivity contribution in [3.63, 3.8) is 0 Å². The number of rotatable bonds is 6. The highest BCUT2D eigenvalue weighted by atomic mass is 16.5. The summed E-state index contributed by atoms with van der Waals surface area (Å²) < 4.78 is 5.49. The van der Waals surface area contributed by atoms with E-state index < -0.39 is 0 Å². The summed E-state index contributed by atoms with van der Waals surface area (Å²) in [5.41, 5.74) is 4.69. The predicted molar refractivity (Wildman–Crippen MR) is 107 cm³/mol. The second-order valence-corrected chi connectivity index (χ2v) is 7.03. The summed E-state index contributed by atoms with van der Waals surface area (Å²) in [6.45, 7) is 2.04. The monoisotopic (exact) mass is 359 g/mol. The zero-order chi connectivity index (χ0) is 18.5. The van der Waals surface area contributed by atoms with Crippen molar-refractivity contribution in [2.24, 2.45) is 0 Å². The summed E-state index contributed by atoms with van der Waals surface area (Å²) in [6.07, 6.45) is 6.94. The molecule has 1 fully saturated rings. The maximum atomic E-state index is 5.49. The van der Waals surface area contributed by atoms with E-state index in [0.29, 0.717) is 6.04 Å². The van der Waals surface area contributed by atoms with E-state index in [-0.39, 0.29) is 0 Å². The Morgan fingerprint density at radius 1 is 1.07 bits per heavy atom. The Hall–Kier alpha value is -2.72. The molecule has 1 aromatic carbocycles. The summed E-state index contributed by atoms with van der Waals surface area (Å²) in [6, 6.07) is 19.1. The average molecular weight is 359 g/mol. The molecule has 4 rings (SSSR count). The van der Waals surface area contributed by atoms with Crippen LogP contribution in [0.5, 0.6) is 5.75 Å². The number of para-hydroxylation sites is 1. The number of aromatic nitrogens is 2. The van der Waals surface area contributed by atoms with Gasteiger partial charge in [0.15, 0.2) is 0 Å². The van der Waals surface area contributed by atoms with Crippen LogP contribution in [0.1, 0.15) is 41.4 Å². The first kappa shape index (κ1) is 17.7. The standard InChI is InChI=1S/C23H25N3O/c1-27-23-12-3-2-8-19(23)15-20-9-4-10-21(25-20)22-11-6-14-26(22)17-18-7-5-13-24-16-18/h2-5,7-10,12-13,16,22H,6,11,14-15,17H2,1H3/t22-/m1/s1. The Balaban J connectivity index is 1.53. The zero-order valence-corrected chi connectivity index (χ0v) is 15.7. The molecule has 0 bridgehead atoms. The molecule has 138 valence electrons. The highest BCUT2D eigenvalue weighted by Crippen LogP contribution is 2.32. The lowest BCUT2D eigenvalue weighted by molar-refractivity contribution is 0.244. The molecular formula is C23H25N3O. The van der Waals surface area contributed by atoms with Crippen molar-refractivity contribution in [3.05, 3.63) is 89.5 Å². The molecule has 27 heavy (non-hydrogen) atoms. The third-order valence-corrected chi connectivity index (χ3v) is 5.21. The largest absolute Gasteiger partial charge is 0.496 e. The number of hydrogen-bond acceptors (Lipinski definition) is 4. The van der Waals surface area contributed by atoms with Gasteiger partial charge >= 0.3 is 0 Å². The first-order valence-corrected chi connectivity index (χ1v) is 9.54. The highest BCUT2D eigenvalue weighted by molar-refractivity contribution is 5.36. The molecule has 1 atom stereocenters. The number of benzene rings is 1. The molecule has 2 aromatic heterocycles. The van der Waals surface area contributed by atoms with Gasteiger partial charge in [0.1, 0.15) is 5.75 Å². The quantitative estimate of drug-likeness (QED) is 0.653. The van der Waals surface area contributed by atoms with Gasteiger partial charge in [-0.05, 0) is 49.2 Å². The van der Waals surface area contributed by atoms with Gasteiger partial charge in [-0.3, -0.25) is 14.9 Å². The fraction of sp³-hybridized carbons (Fsp3) is 0.304. The second kappa shape index (κ2) is 8.31. The SMILES string of the molecule is COc1ccccc1Cc1cccc([C@H]2CCCN2Cc2cccnc2)n1. The van der Waals surface area contributed by atoms with Crippen molar-refractivity contribution >= 4 is 0 Å². The zero-order valence-electron chi connectivity index (χ0n) is 15.7. The molecule has 4 heteroatoms. The van der Waals surface area contributed by atoms with Crippen molar-refractivity contribution in [1.82, 2.24) is 14.9 Å². The molecule has 4 nitrogen and oxygen atoms in total. The third kappa shape index (κ3) is 4.17.